The third-order valence-corrected chi connectivity index (χ3v) is 11.4. The summed E-state index contributed by atoms with van der Waals surface area (Å²) in [4.78, 5) is 13.8. The fourth-order valence-corrected chi connectivity index (χ4v) is 9.88. The molecular formula is C41H44O2. The SMILES string of the molecule is CC1=CC(C)(C)Cc2cc3c(cc21)C1(OC(=O)c2ccccc21)c1cc2c(cc1C31CCCCCC1)CC(C)(C)C=C2C. The number of hydrogen-bond acceptors (Lipinski definition) is 2. The van der Waals surface area contributed by atoms with Crippen LogP contribution in [0.5, 0.6) is 0 Å². The number of benzene rings is 3. The van der Waals surface area contributed by atoms with Gasteiger partial charge in [0.25, 0.3) is 0 Å². The summed E-state index contributed by atoms with van der Waals surface area (Å²) < 4.78 is 6.84. The molecule has 2 spiro atoms. The van der Waals surface area contributed by atoms with Gasteiger partial charge in [0, 0.05) is 22.1 Å². The van der Waals surface area contributed by atoms with Crippen LogP contribution in [0.1, 0.15) is 140 Å². The lowest BCUT2D eigenvalue weighted by atomic mass is 9.55. The van der Waals surface area contributed by atoms with Gasteiger partial charge < -0.3 is 4.74 Å². The molecule has 1 aliphatic heterocycles. The van der Waals surface area contributed by atoms with E-state index in [9.17, 15) is 4.79 Å². The van der Waals surface area contributed by atoms with Gasteiger partial charge in [0.1, 0.15) is 0 Å². The van der Waals surface area contributed by atoms with E-state index in [1.807, 2.05) is 12.1 Å². The molecule has 0 unspecified atom stereocenters. The lowest BCUT2D eigenvalue weighted by Crippen LogP contribution is -2.44. The van der Waals surface area contributed by atoms with Crippen molar-refractivity contribution in [1.82, 2.24) is 0 Å². The number of rotatable bonds is 0. The number of fused-ring (bicyclic) bond motifs is 10. The normalized spacial score (nSPS) is 23.2. The first-order chi connectivity index (χ1) is 20.4. The molecule has 1 heterocycles. The number of carbonyl (C=O) groups is 1. The van der Waals surface area contributed by atoms with Crippen LogP contribution in [0.4, 0.5) is 0 Å². The molecule has 8 rings (SSSR count). The number of allylic oxidation sites excluding steroid dienone is 4. The van der Waals surface area contributed by atoms with Crippen LogP contribution in [-0.4, -0.2) is 5.97 Å². The van der Waals surface area contributed by atoms with Crippen LogP contribution in [0.15, 0.2) is 60.7 Å². The molecule has 0 saturated heterocycles. The van der Waals surface area contributed by atoms with Gasteiger partial charge in [-0.05, 0) is 113 Å². The highest BCUT2D eigenvalue weighted by Gasteiger charge is 2.58. The monoisotopic (exact) mass is 568 g/mol. The maximum Gasteiger partial charge on any atom is 0.340 e. The van der Waals surface area contributed by atoms with Gasteiger partial charge in [-0.3, -0.25) is 0 Å². The molecule has 3 aromatic carbocycles. The first-order valence-electron chi connectivity index (χ1n) is 16.5. The molecule has 5 aliphatic rings. The molecule has 1 fully saturated rings. The van der Waals surface area contributed by atoms with E-state index in [1.165, 1.54) is 81.3 Å². The van der Waals surface area contributed by atoms with E-state index in [1.54, 1.807) is 0 Å². The summed E-state index contributed by atoms with van der Waals surface area (Å²) in [6, 6.07) is 18.2. The molecule has 0 aromatic heterocycles. The fraction of sp³-hybridized carbons (Fsp3) is 0.439. The average molecular weight is 569 g/mol. The van der Waals surface area contributed by atoms with Crippen LogP contribution in [0.25, 0.3) is 11.1 Å². The molecule has 0 amide bonds. The molecule has 3 aromatic rings. The van der Waals surface area contributed by atoms with Crippen molar-refractivity contribution in [2.75, 3.05) is 0 Å². The van der Waals surface area contributed by atoms with E-state index in [0.29, 0.717) is 5.56 Å². The molecule has 220 valence electrons. The van der Waals surface area contributed by atoms with Gasteiger partial charge in [0.2, 0.25) is 0 Å². The molecule has 0 bridgehead atoms. The average Bonchev–Trinajstić information content (AvgIpc) is 3.07. The molecule has 43 heavy (non-hydrogen) atoms. The van der Waals surface area contributed by atoms with Crippen molar-refractivity contribution in [3.63, 3.8) is 0 Å². The van der Waals surface area contributed by atoms with Crippen molar-refractivity contribution in [2.24, 2.45) is 10.8 Å². The standard InChI is InChI=1S/C41H44O2/c1-25-21-38(3,4)23-27-17-33-35(19-30(25)27)41(32-14-10-9-13-29(32)37(42)43-41)36-20-31-26(2)22-39(5,6)24-28(31)18-34(36)40(33)15-11-7-8-12-16-40/h9-10,13-14,17-22H,7-8,11-12,15-16,23-24H2,1-6H3. The smallest absolute Gasteiger partial charge is 0.340 e. The molecule has 2 heteroatoms. The number of carbonyl (C=O) groups excluding carboxylic acids is 1. The first-order valence-corrected chi connectivity index (χ1v) is 16.5. The summed E-state index contributed by atoms with van der Waals surface area (Å²) in [5.74, 6) is -0.207. The molecule has 0 atom stereocenters. The lowest BCUT2D eigenvalue weighted by molar-refractivity contribution is 0.0227. The maximum atomic E-state index is 13.8. The van der Waals surface area contributed by atoms with Crippen molar-refractivity contribution >= 4 is 17.1 Å². The topological polar surface area (TPSA) is 26.3 Å². The first kappa shape index (κ1) is 27.2. The third kappa shape index (κ3) is 3.74. The van der Waals surface area contributed by atoms with E-state index in [4.69, 9.17) is 4.74 Å². The minimum absolute atomic E-state index is 0.0845. The van der Waals surface area contributed by atoms with Crippen LogP contribution in [0.3, 0.4) is 0 Å². The number of ether oxygens (including phenoxy) is 1. The summed E-state index contributed by atoms with van der Waals surface area (Å²) in [5, 5.41) is 0. The van der Waals surface area contributed by atoms with E-state index in [2.05, 4.69) is 90.1 Å². The Bertz CT molecular complexity index is 1690. The minimum Gasteiger partial charge on any atom is -0.441 e. The lowest BCUT2D eigenvalue weighted by Gasteiger charge is -2.49. The van der Waals surface area contributed by atoms with Gasteiger partial charge in [0.05, 0.1) is 5.56 Å². The third-order valence-electron chi connectivity index (χ3n) is 11.4. The van der Waals surface area contributed by atoms with Crippen molar-refractivity contribution in [3.8, 4) is 0 Å². The van der Waals surface area contributed by atoms with E-state index in [0.717, 1.165) is 31.2 Å². The molecule has 4 aliphatic carbocycles. The van der Waals surface area contributed by atoms with Gasteiger partial charge >= 0.3 is 5.97 Å². The Morgan fingerprint density at radius 3 is 1.65 bits per heavy atom. The Labute approximate surface area is 257 Å². The summed E-state index contributed by atoms with van der Waals surface area (Å²) in [7, 11) is 0. The van der Waals surface area contributed by atoms with Crippen LogP contribution in [-0.2, 0) is 28.6 Å². The second-order valence-electron chi connectivity index (χ2n) is 15.7. The Morgan fingerprint density at radius 1 is 0.605 bits per heavy atom. The molecular weight excluding hydrogens is 524 g/mol. The zero-order chi connectivity index (χ0) is 29.9. The van der Waals surface area contributed by atoms with Crippen LogP contribution in [0.2, 0.25) is 0 Å². The minimum atomic E-state index is -0.944. The highest BCUT2D eigenvalue weighted by molar-refractivity contribution is 5.97. The maximum absolute atomic E-state index is 13.8. The molecule has 2 nitrogen and oxygen atoms in total. The quantitative estimate of drug-likeness (QED) is 0.252. The Balaban J connectivity index is 1.52. The summed E-state index contributed by atoms with van der Waals surface area (Å²) in [6.45, 7) is 14.0. The van der Waals surface area contributed by atoms with Crippen molar-refractivity contribution in [2.45, 2.75) is 104 Å². The van der Waals surface area contributed by atoms with Crippen LogP contribution < -0.4 is 0 Å². The van der Waals surface area contributed by atoms with Crippen molar-refractivity contribution in [1.29, 1.82) is 0 Å². The predicted molar refractivity (Wildman–Crippen MR) is 175 cm³/mol. The van der Waals surface area contributed by atoms with Crippen LogP contribution in [0, 0.1) is 10.8 Å². The Kier molecular flexibility index (Phi) is 5.59. The van der Waals surface area contributed by atoms with E-state index < -0.39 is 5.60 Å². The largest absolute Gasteiger partial charge is 0.441 e. The number of hydrogen-bond donors (Lipinski definition) is 0. The highest BCUT2D eigenvalue weighted by atomic mass is 16.6. The number of esters is 1. The molecule has 0 N–H and O–H groups in total. The second kappa shape index (κ2) is 8.84. The van der Waals surface area contributed by atoms with Crippen molar-refractivity contribution in [3.05, 3.63) is 116 Å². The summed E-state index contributed by atoms with van der Waals surface area (Å²) in [6.07, 6.45) is 14.3. The van der Waals surface area contributed by atoms with Gasteiger partial charge in [-0.25, -0.2) is 4.79 Å². The zero-order valence-corrected chi connectivity index (χ0v) is 26.7. The molecule has 0 radical (unpaired) electrons. The highest BCUT2D eigenvalue weighted by Crippen LogP contribution is 2.61. The summed E-state index contributed by atoms with van der Waals surface area (Å²) in [5.41, 5.74) is 14.3. The van der Waals surface area contributed by atoms with E-state index in [-0.39, 0.29) is 22.2 Å². The van der Waals surface area contributed by atoms with Crippen molar-refractivity contribution < 1.29 is 9.53 Å². The van der Waals surface area contributed by atoms with Gasteiger partial charge in [-0.15, -0.1) is 0 Å². The second-order valence-corrected chi connectivity index (χ2v) is 15.7. The van der Waals surface area contributed by atoms with Gasteiger partial charge in [0.15, 0.2) is 5.60 Å². The molecule has 1 saturated carbocycles. The van der Waals surface area contributed by atoms with Gasteiger partial charge in [-0.2, -0.15) is 0 Å². The van der Waals surface area contributed by atoms with E-state index >= 15 is 0 Å². The predicted octanol–water partition coefficient (Wildman–Crippen LogP) is 10.1. The van der Waals surface area contributed by atoms with Crippen LogP contribution >= 0.6 is 0 Å². The summed E-state index contributed by atoms with van der Waals surface area (Å²) >= 11 is 0. The Hall–Kier alpha value is -3.39. The fourth-order valence-electron chi connectivity index (χ4n) is 9.88. The Morgan fingerprint density at radius 2 is 1.12 bits per heavy atom. The van der Waals surface area contributed by atoms with Gasteiger partial charge in [-0.1, -0.05) is 95.9 Å². The zero-order valence-electron chi connectivity index (χ0n) is 26.7.